The van der Waals surface area contributed by atoms with Crippen LogP contribution in [0.3, 0.4) is 0 Å². The molecule has 0 fully saturated rings. The van der Waals surface area contributed by atoms with Crippen LogP contribution in [-0.2, 0) is 0 Å². The molecule has 2 heterocycles. The minimum Gasteiger partial charge on any atom is -0.358 e. The fourth-order valence-electron chi connectivity index (χ4n) is 1.37. The molecule has 0 atom stereocenters. The summed E-state index contributed by atoms with van der Waals surface area (Å²) in [6, 6.07) is -0.807. The summed E-state index contributed by atoms with van der Waals surface area (Å²) in [5, 5.41) is 25.0. The number of carbonyl (C=O) groups is 1. The van der Waals surface area contributed by atoms with Crippen molar-refractivity contribution in [3.8, 4) is 0 Å². The molecule has 94 valence electrons. The van der Waals surface area contributed by atoms with E-state index in [-0.39, 0.29) is 11.6 Å². The smallest absolute Gasteiger partial charge is 0.358 e. The first-order valence-corrected chi connectivity index (χ1v) is 5.03. The van der Waals surface area contributed by atoms with Crippen molar-refractivity contribution in [3.63, 3.8) is 0 Å². The third kappa shape index (κ3) is 1.83. The molecule has 0 radical (unpaired) electrons. The van der Waals surface area contributed by atoms with E-state index in [1.165, 1.54) is 12.4 Å². The molecule has 18 heavy (non-hydrogen) atoms. The van der Waals surface area contributed by atoms with Gasteiger partial charge in [0.2, 0.25) is 0 Å². The van der Waals surface area contributed by atoms with Crippen LogP contribution in [-0.4, -0.2) is 40.9 Å². The largest absolute Gasteiger partial charge is 0.464 e. The monoisotopic (exact) mass is 251 g/mol. The van der Waals surface area contributed by atoms with Crippen molar-refractivity contribution in [2.24, 2.45) is 0 Å². The molecular weight excluding hydrogens is 242 g/mol. The molecule has 0 bridgehead atoms. The number of hydrogen-bond acceptors (Lipinski definition) is 7. The highest BCUT2D eigenvalue weighted by Crippen LogP contribution is 2.23. The standard InChI is InChI=1S/C8H9N7O3/c1-5(2)6-7(15(17)18)14(12-10-6)8(16)13-4-3-9-11-13/h3-5H,1-2H3. The van der Waals surface area contributed by atoms with Crippen molar-refractivity contribution in [3.05, 3.63) is 28.2 Å². The summed E-state index contributed by atoms with van der Waals surface area (Å²) in [7, 11) is 0. The van der Waals surface area contributed by atoms with Crippen molar-refractivity contribution in [2.45, 2.75) is 19.8 Å². The lowest BCUT2D eigenvalue weighted by Gasteiger charge is -2.00. The van der Waals surface area contributed by atoms with E-state index in [0.29, 0.717) is 4.68 Å². The molecule has 10 nitrogen and oxygen atoms in total. The Morgan fingerprint density at radius 2 is 2.17 bits per heavy atom. The molecule has 0 amide bonds. The van der Waals surface area contributed by atoms with Gasteiger partial charge in [-0.25, -0.2) is 4.79 Å². The molecule has 0 N–H and O–H groups in total. The van der Waals surface area contributed by atoms with E-state index in [2.05, 4.69) is 20.6 Å². The molecule has 10 heteroatoms. The van der Waals surface area contributed by atoms with Crippen LogP contribution in [0, 0.1) is 10.1 Å². The van der Waals surface area contributed by atoms with Gasteiger partial charge in [-0.15, -0.1) is 14.9 Å². The Hall–Kier alpha value is -2.65. The summed E-state index contributed by atoms with van der Waals surface area (Å²) < 4.78 is 1.44. The predicted molar refractivity (Wildman–Crippen MR) is 57.0 cm³/mol. The Labute approximate surface area is 100 Å². The summed E-state index contributed by atoms with van der Waals surface area (Å²) in [6.45, 7) is 3.45. The van der Waals surface area contributed by atoms with Crippen LogP contribution in [0.25, 0.3) is 0 Å². The quantitative estimate of drug-likeness (QED) is 0.559. The number of rotatable bonds is 2. The maximum absolute atomic E-state index is 11.9. The molecule has 2 aromatic rings. The molecule has 0 aliphatic rings. The molecule has 0 saturated heterocycles. The number of carbonyl (C=O) groups excluding carboxylic acids is 1. The average molecular weight is 251 g/mol. The Bertz CT molecular complexity index is 586. The molecule has 0 aliphatic carbocycles. The van der Waals surface area contributed by atoms with Gasteiger partial charge >= 0.3 is 11.8 Å². The number of hydrogen-bond donors (Lipinski definition) is 0. The highest BCUT2D eigenvalue weighted by atomic mass is 16.6. The van der Waals surface area contributed by atoms with E-state index in [1.807, 2.05) is 0 Å². The van der Waals surface area contributed by atoms with E-state index in [9.17, 15) is 14.9 Å². The lowest BCUT2D eigenvalue weighted by atomic mass is 10.1. The van der Waals surface area contributed by atoms with Crippen molar-refractivity contribution >= 4 is 11.8 Å². The van der Waals surface area contributed by atoms with Gasteiger partial charge in [0.05, 0.1) is 12.4 Å². The van der Waals surface area contributed by atoms with Crippen LogP contribution in [0.4, 0.5) is 10.6 Å². The molecule has 0 saturated carbocycles. The van der Waals surface area contributed by atoms with Crippen molar-refractivity contribution in [1.29, 1.82) is 0 Å². The maximum atomic E-state index is 11.9. The van der Waals surface area contributed by atoms with Gasteiger partial charge in [0.15, 0.2) is 5.69 Å². The van der Waals surface area contributed by atoms with E-state index in [1.54, 1.807) is 13.8 Å². The van der Waals surface area contributed by atoms with Crippen molar-refractivity contribution in [2.75, 3.05) is 0 Å². The first kappa shape index (κ1) is 11.8. The molecule has 0 aromatic carbocycles. The highest BCUT2D eigenvalue weighted by molar-refractivity contribution is 5.79. The molecule has 0 unspecified atom stereocenters. The normalized spacial score (nSPS) is 10.8. The van der Waals surface area contributed by atoms with Crippen LogP contribution in [0.5, 0.6) is 0 Å². The Balaban J connectivity index is 2.52. The van der Waals surface area contributed by atoms with Crippen LogP contribution in [0.15, 0.2) is 12.4 Å². The lowest BCUT2D eigenvalue weighted by molar-refractivity contribution is -0.392. The number of nitrogens with zero attached hydrogens (tertiary/aromatic N) is 7. The summed E-state index contributed by atoms with van der Waals surface area (Å²) in [5.74, 6) is -0.673. The van der Waals surface area contributed by atoms with Gasteiger partial charge in [0, 0.05) is 11.1 Å². The third-order valence-corrected chi connectivity index (χ3v) is 2.19. The zero-order valence-electron chi connectivity index (χ0n) is 9.59. The van der Waals surface area contributed by atoms with Gasteiger partial charge < -0.3 is 10.1 Å². The fourth-order valence-corrected chi connectivity index (χ4v) is 1.37. The zero-order valence-corrected chi connectivity index (χ0v) is 9.59. The molecule has 2 rings (SSSR count). The van der Waals surface area contributed by atoms with Crippen LogP contribution in [0.2, 0.25) is 0 Å². The Morgan fingerprint density at radius 1 is 1.44 bits per heavy atom. The molecule has 0 aliphatic heterocycles. The minimum atomic E-state index is -0.807. The minimum absolute atomic E-state index is 0.147. The summed E-state index contributed by atoms with van der Waals surface area (Å²) in [5.41, 5.74) is 0.147. The molecule has 2 aromatic heterocycles. The average Bonchev–Trinajstić information content (AvgIpc) is 2.97. The lowest BCUT2D eigenvalue weighted by Crippen LogP contribution is -2.23. The zero-order chi connectivity index (χ0) is 13.3. The Kier molecular flexibility index (Phi) is 2.83. The van der Waals surface area contributed by atoms with Crippen LogP contribution >= 0.6 is 0 Å². The van der Waals surface area contributed by atoms with Crippen LogP contribution in [0.1, 0.15) is 25.5 Å². The summed E-state index contributed by atoms with van der Waals surface area (Å²) in [4.78, 5) is 22.2. The van der Waals surface area contributed by atoms with Gasteiger partial charge in [-0.2, -0.15) is 0 Å². The van der Waals surface area contributed by atoms with Gasteiger partial charge in [-0.3, -0.25) is 0 Å². The number of nitro groups is 1. The van der Waals surface area contributed by atoms with E-state index >= 15 is 0 Å². The first-order chi connectivity index (χ1) is 8.52. The SMILES string of the molecule is CC(C)c1nnn(C(=O)n2ccnn2)c1[N+](=O)[O-]. The van der Waals surface area contributed by atoms with E-state index in [4.69, 9.17) is 0 Å². The van der Waals surface area contributed by atoms with Crippen molar-refractivity contribution < 1.29 is 9.72 Å². The second-order valence-corrected chi connectivity index (χ2v) is 3.75. The third-order valence-electron chi connectivity index (χ3n) is 2.19. The first-order valence-electron chi connectivity index (χ1n) is 5.03. The maximum Gasteiger partial charge on any atom is 0.464 e. The predicted octanol–water partition coefficient (Wildman–Crippen LogP) is 0.418. The second-order valence-electron chi connectivity index (χ2n) is 3.75. The molecule has 0 spiro atoms. The van der Waals surface area contributed by atoms with Crippen molar-refractivity contribution in [1.82, 2.24) is 30.0 Å². The summed E-state index contributed by atoms with van der Waals surface area (Å²) >= 11 is 0. The van der Waals surface area contributed by atoms with E-state index < -0.39 is 16.8 Å². The number of aromatic nitrogens is 6. The fraction of sp³-hybridized carbons (Fsp3) is 0.375. The topological polar surface area (TPSA) is 122 Å². The second kappa shape index (κ2) is 4.31. The Morgan fingerprint density at radius 3 is 2.67 bits per heavy atom. The van der Waals surface area contributed by atoms with Gasteiger partial charge in [0.25, 0.3) is 0 Å². The highest BCUT2D eigenvalue weighted by Gasteiger charge is 2.31. The molecular formula is C8H9N7O3. The van der Waals surface area contributed by atoms with Gasteiger partial charge in [-0.1, -0.05) is 19.1 Å². The van der Waals surface area contributed by atoms with Gasteiger partial charge in [-0.05, 0) is 9.61 Å². The van der Waals surface area contributed by atoms with E-state index in [0.717, 1.165) is 4.68 Å². The summed E-state index contributed by atoms with van der Waals surface area (Å²) in [6.07, 6.45) is 2.55. The van der Waals surface area contributed by atoms with Crippen LogP contribution < -0.4 is 0 Å². The van der Waals surface area contributed by atoms with Gasteiger partial charge in [0.1, 0.15) is 0 Å².